The van der Waals surface area contributed by atoms with Crippen molar-refractivity contribution >= 4 is 23.5 Å². The quantitative estimate of drug-likeness (QED) is 0.744. The van der Waals surface area contributed by atoms with Gasteiger partial charge in [-0.15, -0.1) is 0 Å². The van der Waals surface area contributed by atoms with Gasteiger partial charge in [0.05, 0.1) is 18.4 Å². The third-order valence-corrected chi connectivity index (χ3v) is 4.45. The average molecular weight is 382 g/mol. The van der Waals surface area contributed by atoms with Crippen LogP contribution in [0.15, 0.2) is 48.5 Å². The number of benzene rings is 2. The highest BCUT2D eigenvalue weighted by Crippen LogP contribution is 2.22. The molecule has 0 bridgehead atoms. The molecule has 2 aromatic rings. The van der Waals surface area contributed by atoms with Crippen LogP contribution in [0.1, 0.15) is 28.8 Å². The molecule has 1 aliphatic rings. The van der Waals surface area contributed by atoms with E-state index >= 15 is 0 Å². The zero-order valence-corrected chi connectivity index (χ0v) is 15.6. The maximum absolute atomic E-state index is 12.1. The third kappa shape index (κ3) is 4.88. The number of ether oxygens (including phenoxy) is 2. The Hall–Kier alpha value is -3.35. The highest BCUT2D eigenvalue weighted by Gasteiger charge is 2.20. The van der Waals surface area contributed by atoms with Crippen molar-refractivity contribution in [3.8, 4) is 5.75 Å². The molecule has 2 aromatic carbocycles. The molecule has 3 rings (SSSR count). The largest absolute Gasteiger partial charge is 0.495 e. The number of para-hydroxylation sites is 2. The monoisotopic (exact) mass is 382 g/mol. The molecule has 1 N–H and O–H groups in total. The van der Waals surface area contributed by atoms with E-state index in [9.17, 15) is 14.4 Å². The smallest absolute Gasteiger partial charge is 0.338 e. The molecule has 7 nitrogen and oxygen atoms in total. The topological polar surface area (TPSA) is 84.9 Å². The minimum absolute atomic E-state index is 0.157. The van der Waals surface area contributed by atoms with Crippen LogP contribution in [0.2, 0.25) is 0 Å². The minimum atomic E-state index is -0.584. The number of hydrogen-bond acceptors (Lipinski definition) is 5. The summed E-state index contributed by atoms with van der Waals surface area (Å²) in [7, 11) is 1.51. The number of amides is 2. The lowest BCUT2D eigenvalue weighted by Crippen LogP contribution is -2.23. The van der Waals surface area contributed by atoms with Crippen LogP contribution in [0.25, 0.3) is 0 Å². The second-order valence-electron chi connectivity index (χ2n) is 6.44. The second kappa shape index (κ2) is 9.03. The van der Waals surface area contributed by atoms with Gasteiger partial charge in [-0.1, -0.05) is 24.3 Å². The van der Waals surface area contributed by atoms with Crippen LogP contribution in [-0.4, -0.2) is 42.9 Å². The van der Waals surface area contributed by atoms with Crippen molar-refractivity contribution in [1.29, 1.82) is 0 Å². The van der Waals surface area contributed by atoms with Crippen LogP contribution in [0.5, 0.6) is 5.75 Å². The molecule has 0 aliphatic carbocycles. The Balaban J connectivity index is 1.50. The maximum Gasteiger partial charge on any atom is 0.338 e. The number of rotatable bonds is 7. The van der Waals surface area contributed by atoms with Crippen molar-refractivity contribution in [2.75, 3.05) is 25.6 Å². The van der Waals surface area contributed by atoms with E-state index in [1.165, 1.54) is 7.11 Å². The summed E-state index contributed by atoms with van der Waals surface area (Å²) in [5.74, 6) is -0.361. The van der Waals surface area contributed by atoms with Crippen LogP contribution < -0.4 is 10.1 Å². The first-order chi connectivity index (χ1) is 13.6. The normalized spacial score (nSPS) is 13.3. The van der Waals surface area contributed by atoms with E-state index in [1.807, 2.05) is 0 Å². The summed E-state index contributed by atoms with van der Waals surface area (Å²) in [6.07, 6.45) is 1.49. The number of nitrogens with one attached hydrogen (secondary N) is 1. The molecular formula is C21H22N2O5. The van der Waals surface area contributed by atoms with Crippen LogP contribution in [0, 0.1) is 0 Å². The average Bonchev–Trinajstić information content (AvgIpc) is 3.11. The Morgan fingerprint density at radius 1 is 1.11 bits per heavy atom. The van der Waals surface area contributed by atoms with Crippen molar-refractivity contribution in [1.82, 2.24) is 4.90 Å². The van der Waals surface area contributed by atoms with Crippen LogP contribution in [-0.2, 0) is 20.9 Å². The second-order valence-corrected chi connectivity index (χ2v) is 6.44. The van der Waals surface area contributed by atoms with E-state index in [0.717, 1.165) is 18.5 Å². The Kier molecular flexibility index (Phi) is 6.26. The van der Waals surface area contributed by atoms with Crippen LogP contribution >= 0.6 is 0 Å². The van der Waals surface area contributed by atoms with Gasteiger partial charge in [0, 0.05) is 19.5 Å². The first kappa shape index (κ1) is 19.4. The number of likely N-dealkylation sites (tertiary alicyclic amines) is 1. The minimum Gasteiger partial charge on any atom is -0.495 e. The Bertz CT molecular complexity index is 863. The van der Waals surface area contributed by atoms with Gasteiger partial charge in [-0.3, -0.25) is 9.59 Å². The number of esters is 1. The number of anilines is 1. The van der Waals surface area contributed by atoms with E-state index in [-0.39, 0.29) is 5.91 Å². The third-order valence-electron chi connectivity index (χ3n) is 4.45. The Labute approximate surface area is 163 Å². The standard InChI is InChI=1S/C21H22N2O5/c1-27-18-6-3-2-5-17(18)22-19(24)14-28-21(26)16-10-8-15(9-11-16)13-23-12-4-7-20(23)25/h2-3,5-6,8-11H,4,7,12-14H2,1H3,(H,22,24). The summed E-state index contributed by atoms with van der Waals surface area (Å²) >= 11 is 0. The lowest BCUT2D eigenvalue weighted by molar-refractivity contribution is -0.128. The molecule has 7 heteroatoms. The SMILES string of the molecule is COc1ccccc1NC(=O)COC(=O)c1ccc(CN2CCCC2=O)cc1. The number of carbonyl (C=O) groups is 3. The van der Waals surface area contributed by atoms with E-state index in [1.54, 1.807) is 53.4 Å². The van der Waals surface area contributed by atoms with Crippen molar-refractivity contribution in [2.24, 2.45) is 0 Å². The van der Waals surface area contributed by atoms with Gasteiger partial charge >= 0.3 is 5.97 Å². The highest BCUT2D eigenvalue weighted by atomic mass is 16.5. The van der Waals surface area contributed by atoms with E-state index in [0.29, 0.717) is 30.0 Å². The zero-order valence-electron chi connectivity index (χ0n) is 15.6. The van der Waals surface area contributed by atoms with Crippen molar-refractivity contribution in [3.05, 3.63) is 59.7 Å². The maximum atomic E-state index is 12.1. The molecule has 0 aromatic heterocycles. The number of nitrogens with zero attached hydrogens (tertiary/aromatic N) is 1. The predicted molar refractivity (Wildman–Crippen MR) is 103 cm³/mol. The fourth-order valence-electron chi connectivity index (χ4n) is 2.99. The summed E-state index contributed by atoms with van der Waals surface area (Å²) in [4.78, 5) is 37.6. The number of carbonyl (C=O) groups excluding carboxylic acids is 3. The van der Waals surface area contributed by atoms with Gasteiger partial charge in [-0.25, -0.2) is 4.79 Å². The number of methoxy groups -OCH3 is 1. The summed E-state index contributed by atoms with van der Waals surface area (Å²) in [5, 5.41) is 2.64. The molecule has 1 aliphatic heterocycles. The molecule has 0 spiro atoms. The fourth-order valence-corrected chi connectivity index (χ4v) is 2.99. The van der Waals surface area contributed by atoms with Crippen LogP contribution in [0.3, 0.4) is 0 Å². The Morgan fingerprint density at radius 2 is 1.86 bits per heavy atom. The van der Waals surface area contributed by atoms with E-state index in [2.05, 4.69) is 5.32 Å². The Morgan fingerprint density at radius 3 is 2.54 bits per heavy atom. The molecule has 28 heavy (non-hydrogen) atoms. The molecule has 0 unspecified atom stereocenters. The molecule has 0 atom stereocenters. The first-order valence-electron chi connectivity index (χ1n) is 9.03. The molecule has 1 saturated heterocycles. The molecule has 1 fully saturated rings. The molecule has 0 radical (unpaired) electrons. The molecule has 0 saturated carbocycles. The zero-order chi connectivity index (χ0) is 19.9. The molecule has 2 amide bonds. The lowest BCUT2D eigenvalue weighted by Gasteiger charge is -2.15. The predicted octanol–water partition coefficient (Wildman–Crippen LogP) is 2.61. The highest BCUT2D eigenvalue weighted by molar-refractivity contribution is 5.96. The lowest BCUT2D eigenvalue weighted by atomic mass is 10.1. The van der Waals surface area contributed by atoms with Gasteiger partial charge < -0.3 is 19.7 Å². The molecule has 1 heterocycles. The summed E-state index contributed by atoms with van der Waals surface area (Å²) in [6, 6.07) is 13.8. The summed E-state index contributed by atoms with van der Waals surface area (Å²) < 4.78 is 10.2. The number of hydrogen-bond donors (Lipinski definition) is 1. The molecular weight excluding hydrogens is 360 g/mol. The van der Waals surface area contributed by atoms with Crippen molar-refractivity contribution in [3.63, 3.8) is 0 Å². The van der Waals surface area contributed by atoms with Gasteiger partial charge in [0.1, 0.15) is 5.75 Å². The summed E-state index contributed by atoms with van der Waals surface area (Å²) in [6.45, 7) is 0.903. The van der Waals surface area contributed by atoms with Gasteiger partial charge in [-0.2, -0.15) is 0 Å². The fraction of sp³-hybridized carbons (Fsp3) is 0.286. The first-order valence-corrected chi connectivity index (χ1v) is 9.03. The summed E-state index contributed by atoms with van der Waals surface area (Å²) in [5.41, 5.74) is 1.80. The van der Waals surface area contributed by atoms with Gasteiger partial charge in [0.2, 0.25) is 5.91 Å². The van der Waals surface area contributed by atoms with Gasteiger partial charge in [-0.05, 0) is 36.2 Å². The van der Waals surface area contributed by atoms with Crippen molar-refractivity contribution in [2.45, 2.75) is 19.4 Å². The van der Waals surface area contributed by atoms with E-state index in [4.69, 9.17) is 9.47 Å². The molecule has 146 valence electrons. The van der Waals surface area contributed by atoms with Gasteiger partial charge in [0.15, 0.2) is 6.61 Å². The van der Waals surface area contributed by atoms with Crippen LogP contribution in [0.4, 0.5) is 5.69 Å². The van der Waals surface area contributed by atoms with E-state index < -0.39 is 18.5 Å². The van der Waals surface area contributed by atoms with Crippen molar-refractivity contribution < 1.29 is 23.9 Å². The van der Waals surface area contributed by atoms with Gasteiger partial charge in [0.25, 0.3) is 5.91 Å².